The van der Waals surface area contributed by atoms with Gasteiger partial charge in [0.25, 0.3) is 0 Å². The molecule has 0 heterocycles. The fourth-order valence-electron chi connectivity index (χ4n) is 1.42. The van der Waals surface area contributed by atoms with Gasteiger partial charge in [0.2, 0.25) is 5.91 Å². The summed E-state index contributed by atoms with van der Waals surface area (Å²) in [6.07, 6.45) is 2.73. The summed E-state index contributed by atoms with van der Waals surface area (Å²) in [5.74, 6) is 0.556. The largest absolute Gasteiger partial charge is 0.393 e. The highest BCUT2D eigenvalue weighted by molar-refractivity contribution is 7.80. The first kappa shape index (κ1) is 11.4. The van der Waals surface area contributed by atoms with E-state index in [9.17, 15) is 4.79 Å². The topological polar surface area (TPSA) is 46.3 Å². The number of rotatable bonds is 5. The third kappa shape index (κ3) is 3.25. The van der Waals surface area contributed by atoms with Crippen LogP contribution in [-0.4, -0.2) is 28.4 Å². The molecule has 0 unspecified atom stereocenters. The number of nitrogens with zero attached hydrogens (tertiary/aromatic N) is 1. The lowest BCUT2D eigenvalue weighted by atomic mass is 10.2. The zero-order chi connectivity index (χ0) is 10.7. The molecule has 0 aromatic rings. The Kier molecular flexibility index (Phi) is 3.86. The molecule has 80 valence electrons. The first-order chi connectivity index (χ1) is 6.52. The smallest absolute Gasteiger partial charge is 0.225 e. The van der Waals surface area contributed by atoms with Crippen molar-refractivity contribution in [2.24, 2.45) is 11.7 Å². The predicted octanol–water partition coefficient (Wildman–Crippen LogP) is 1.31. The molecule has 4 heteroatoms. The van der Waals surface area contributed by atoms with Gasteiger partial charge in [0, 0.05) is 24.9 Å². The summed E-state index contributed by atoms with van der Waals surface area (Å²) in [6.45, 7) is 4.72. The van der Waals surface area contributed by atoms with E-state index in [1.54, 1.807) is 0 Å². The standard InChI is InChI=1S/C10H18N2OS/c1-7(2)12(6-5-9(11)14)10(13)8-3-4-8/h7-8H,3-6H2,1-2H3,(H2,11,14). The summed E-state index contributed by atoms with van der Waals surface area (Å²) in [7, 11) is 0. The molecule has 1 amide bonds. The lowest BCUT2D eigenvalue weighted by Crippen LogP contribution is -2.39. The third-order valence-electron chi connectivity index (χ3n) is 2.43. The number of nitrogens with two attached hydrogens (primary N) is 1. The Labute approximate surface area is 90.6 Å². The van der Waals surface area contributed by atoms with Gasteiger partial charge in [-0.25, -0.2) is 0 Å². The van der Waals surface area contributed by atoms with E-state index in [4.69, 9.17) is 18.0 Å². The maximum Gasteiger partial charge on any atom is 0.225 e. The summed E-state index contributed by atoms with van der Waals surface area (Å²) in [6, 6.07) is 0.248. The highest BCUT2D eigenvalue weighted by Gasteiger charge is 2.34. The summed E-state index contributed by atoms with van der Waals surface area (Å²) in [5, 5.41) is 0. The van der Waals surface area contributed by atoms with E-state index in [1.807, 2.05) is 18.7 Å². The molecule has 0 saturated heterocycles. The maximum absolute atomic E-state index is 11.8. The molecule has 1 aliphatic carbocycles. The molecule has 0 radical (unpaired) electrons. The van der Waals surface area contributed by atoms with Gasteiger partial charge in [0.15, 0.2) is 0 Å². The van der Waals surface area contributed by atoms with Gasteiger partial charge < -0.3 is 10.6 Å². The van der Waals surface area contributed by atoms with E-state index >= 15 is 0 Å². The fraction of sp³-hybridized carbons (Fsp3) is 0.800. The maximum atomic E-state index is 11.8. The quantitative estimate of drug-likeness (QED) is 0.702. The molecule has 1 saturated carbocycles. The minimum atomic E-state index is 0.248. The van der Waals surface area contributed by atoms with E-state index in [-0.39, 0.29) is 17.9 Å². The monoisotopic (exact) mass is 214 g/mol. The van der Waals surface area contributed by atoms with Crippen LogP contribution in [0.3, 0.4) is 0 Å². The molecule has 0 aromatic carbocycles. The van der Waals surface area contributed by atoms with Crippen molar-refractivity contribution in [1.82, 2.24) is 4.90 Å². The van der Waals surface area contributed by atoms with Crippen molar-refractivity contribution < 1.29 is 4.79 Å². The molecule has 0 atom stereocenters. The van der Waals surface area contributed by atoms with Crippen LogP contribution < -0.4 is 5.73 Å². The molecule has 0 aromatic heterocycles. The summed E-state index contributed by atoms with van der Waals surface area (Å²) >= 11 is 4.81. The molecule has 14 heavy (non-hydrogen) atoms. The van der Waals surface area contributed by atoms with E-state index in [2.05, 4.69) is 0 Å². The normalized spacial score (nSPS) is 15.6. The number of thiocarbonyl (C=S) groups is 1. The molecular formula is C10H18N2OS. The first-order valence-electron chi connectivity index (χ1n) is 5.11. The van der Waals surface area contributed by atoms with Crippen LogP contribution in [0.25, 0.3) is 0 Å². The average molecular weight is 214 g/mol. The van der Waals surface area contributed by atoms with Gasteiger partial charge in [-0.05, 0) is 26.7 Å². The van der Waals surface area contributed by atoms with Crippen molar-refractivity contribution >= 4 is 23.1 Å². The van der Waals surface area contributed by atoms with Crippen molar-refractivity contribution in [2.75, 3.05) is 6.54 Å². The Bertz CT molecular complexity index is 236. The number of hydrogen-bond acceptors (Lipinski definition) is 2. The van der Waals surface area contributed by atoms with Crippen molar-refractivity contribution in [1.29, 1.82) is 0 Å². The van der Waals surface area contributed by atoms with Crippen molar-refractivity contribution in [3.05, 3.63) is 0 Å². The molecular weight excluding hydrogens is 196 g/mol. The van der Waals surface area contributed by atoms with Crippen LogP contribution in [0.2, 0.25) is 0 Å². The molecule has 1 fully saturated rings. The molecule has 0 spiro atoms. The molecule has 1 rings (SSSR count). The number of carbonyl (C=O) groups excluding carboxylic acids is 1. The van der Waals surface area contributed by atoms with E-state index in [0.29, 0.717) is 18.0 Å². The van der Waals surface area contributed by atoms with Gasteiger partial charge in [0.05, 0.1) is 4.99 Å². The Morgan fingerprint density at radius 3 is 2.50 bits per heavy atom. The van der Waals surface area contributed by atoms with Gasteiger partial charge >= 0.3 is 0 Å². The van der Waals surface area contributed by atoms with Crippen LogP contribution in [0, 0.1) is 5.92 Å². The van der Waals surface area contributed by atoms with Gasteiger partial charge in [-0.2, -0.15) is 0 Å². The van der Waals surface area contributed by atoms with Crippen molar-refractivity contribution in [3.8, 4) is 0 Å². The lowest BCUT2D eigenvalue weighted by molar-refractivity contribution is -0.134. The number of hydrogen-bond donors (Lipinski definition) is 1. The van der Waals surface area contributed by atoms with E-state index in [0.717, 1.165) is 12.8 Å². The third-order valence-corrected chi connectivity index (χ3v) is 2.64. The summed E-state index contributed by atoms with van der Waals surface area (Å²) in [4.78, 5) is 14.2. The van der Waals surface area contributed by atoms with Gasteiger partial charge in [-0.15, -0.1) is 0 Å². The Morgan fingerprint density at radius 1 is 1.57 bits per heavy atom. The zero-order valence-electron chi connectivity index (χ0n) is 8.82. The fourth-order valence-corrected chi connectivity index (χ4v) is 1.51. The second kappa shape index (κ2) is 4.73. The highest BCUT2D eigenvalue weighted by atomic mass is 32.1. The minimum Gasteiger partial charge on any atom is -0.393 e. The van der Waals surface area contributed by atoms with E-state index in [1.165, 1.54) is 0 Å². The number of amides is 1. The molecule has 3 nitrogen and oxygen atoms in total. The summed E-state index contributed by atoms with van der Waals surface area (Å²) in [5.41, 5.74) is 5.43. The Morgan fingerprint density at radius 2 is 2.14 bits per heavy atom. The van der Waals surface area contributed by atoms with Crippen LogP contribution in [-0.2, 0) is 4.79 Å². The van der Waals surface area contributed by atoms with E-state index < -0.39 is 0 Å². The van der Waals surface area contributed by atoms with Gasteiger partial charge in [-0.3, -0.25) is 4.79 Å². The van der Waals surface area contributed by atoms with Crippen LogP contribution in [0.4, 0.5) is 0 Å². The first-order valence-corrected chi connectivity index (χ1v) is 5.52. The molecule has 1 aliphatic rings. The molecule has 2 N–H and O–H groups in total. The summed E-state index contributed by atoms with van der Waals surface area (Å²) < 4.78 is 0. The predicted molar refractivity (Wildman–Crippen MR) is 61.0 cm³/mol. The van der Waals surface area contributed by atoms with Crippen molar-refractivity contribution in [2.45, 2.75) is 39.2 Å². The SMILES string of the molecule is CC(C)N(CCC(N)=S)C(=O)C1CC1. The second-order valence-corrected chi connectivity index (χ2v) is 4.64. The van der Waals surface area contributed by atoms with Crippen LogP contribution in [0.15, 0.2) is 0 Å². The molecule has 0 aliphatic heterocycles. The number of carbonyl (C=O) groups is 1. The van der Waals surface area contributed by atoms with Crippen LogP contribution in [0.5, 0.6) is 0 Å². The van der Waals surface area contributed by atoms with Crippen molar-refractivity contribution in [3.63, 3.8) is 0 Å². The molecule has 0 bridgehead atoms. The Balaban J connectivity index is 2.45. The minimum absolute atomic E-state index is 0.248. The zero-order valence-corrected chi connectivity index (χ0v) is 9.64. The second-order valence-electron chi connectivity index (χ2n) is 4.12. The van der Waals surface area contributed by atoms with Gasteiger partial charge in [-0.1, -0.05) is 12.2 Å². The van der Waals surface area contributed by atoms with Gasteiger partial charge in [0.1, 0.15) is 0 Å². The van der Waals surface area contributed by atoms with Crippen LogP contribution in [0.1, 0.15) is 33.1 Å². The Hall–Kier alpha value is -0.640. The lowest BCUT2D eigenvalue weighted by Gasteiger charge is -2.26. The highest BCUT2D eigenvalue weighted by Crippen LogP contribution is 2.31. The van der Waals surface area contributed by atoms with Crippen LogP contribution >= 0.6 is 12.2 Å². The average Bonchev–Trinajstić information content (AvgIpc) is 2.84.